The predicted molar refractivity (Wildman–Crippen MR) is 54.4 cm³/mol. The maximum absolute atomic E-state index is 4.24. The number of aromatic nitrogens is 1. The third-order valence-corrected chi connectivity index (χ3v) is 2.54. The highest BCUT2D eigenvalue weighted by molar-refractivity contribution is 9.09. The zero-order valence-corrected chi connectivity index (χ0v) is 8.79. The molecule has 0 amide bonds. The second kappa shape index (κ2) is 5.27. The topological polar surface area (TPSA) is 16.1 Å². The molecule has 1 heterocycles. The van der Waals surface area contributed by atoms with E-state index in [0.717, 1.165) is 24.1 Å². The van der Waals surface area contributed by atoms with Crippen molar-refractivity contribution < 1.29 is 0 Å². The van der Waals surface area contributed by atoms with Gasteiger partial charge in [-0.3, -0.25) is 9.88 Å². The first-order valence-electron chi connectivity index (χ1n) is 3.97. The minimum atomic E-state index is 0.917. The molecule has 3 heteroatoms. The SMILES string of the molecule is CN(CBr)CCc1ccccn1. The zero-order valence-electron chi connectivity index (χ0n) is 7.20. The first kappa shape index (κ1) is 9.68. The average molecular weight is 229 g/mol. The van der Waals surface area contributed by atoms with E-state index in [2.05, 4.69) is 38.9 Å². The van der Waals surface area contributed by atoms with Gasteiger partial charge >= 0.3 is 0 Å². The fraction of sp³-hybridized carbons (Fsp3) is 0.444. The zero-order chi connectivity index (χ0) is 8.81. The van der Waals surface area contributed by atoms with E-state index in [-0.39, 0.29) is 0 Å². The smallest absolute Gasteiger partial charge is 0.0539 e. The molecule has 0 saturated heterocycles. The van der Waals surface area contributed by atoms with Crippen LogP contribution in [0.5, 0.6) is 0 Å². The van der Waals surface area contributed by atoms with Crippen LogP contribution in [0.2, 0.25) is 0 Å². The van der Waals surface area contributed by atoms with Crippen LogP contribution in [0.3, 0.4) is 0 Å². The number of nitrogens with zero attached hydrogens (tertiary/aromatic N) is 2. The monoisotopic (exact) mass is 228 g/mol. The van der Waals surface area contributed by atoms with Crippen LogP contribution in [0.1, 0.15) is 5.69 Å². The number of hydrogen-bond acceptors (Lipinski definition) is 2. The number of pyridine rings is 1. The van der Waals surface area contributed by atoms with Crippen LogP contribution in [0, 0.1) is 0 Å². The molecule has 0 bridgehead atoms. The summed E-state index contributed by atoms with van der Waals surface area (Å²) in [6.45, 7) is 1.04. The molecule has 0 N–H and O–H groups in total. The van der Waals surface area contributed by atoms with Crippen LogP contribution in [-0.4, -0.2) is 28.9 Å². The Bertz CT molecular complexity index is 213. The molecule has 0 radical (unpaired) electrons. The molecule has 1 aromatic rings. The Kier molecular flexibility index (Phi) is 4.25. The third kappa shape index (κ3) is 3.32. The van der Waals surface area contributed by atoms with Crippen molar-refractivity contribution in [2.24, 2.45) is 0 Å². The van der Waals surface area contributed by atoms with E-state index >= 15 is 0 Å². The molecule has 0 aliphatic carbocycles. The molecule has 0 aromatic carbocycles. The van der Waals surface area contributed by atoms with Gasteiger partial charge in [0.25, 0.3) is 0 Å². The van der Waals surface area contributed by atoms with Crippen LogP contribution >= 0.6 is 15.9 Å². The lowest BCUT2D eigenvalue weighted by Crippen LogP contribution is -2.19. The fourth-order valence-electron chi connectivity index (χ4n) is 0.911. The summed E-state index contributed by atoms with van der Waals surface area (Å²) < 4.78 is 0. The van der Waals surface area contributed by atoms with Gasteiger partial charge in [0.2, 0.25) is 0 Å². The second-order valence-corrected chi connectivity index (χ2v) is 3.27. The molecular weight excluding hydrogens is 216 g/mol. The summed E-state index contributed by atoms with van der Waals surface area (Å²) in [6.07, 6.45) is 2.85. The molecule has 0 unspecified atom stereocenters. The van der Waals surface area contributed by atoms with Gasteiger partial charge in [-0.05, 0) is 19.2 Å². The molecule has 1 rings (SSSR count). The van der Waals surface area contributed by atoms with Crippen molar-refractivity contribution in [2.75, 3.05) is 19.0 Å². The van der Waals surface area contributed by atoms with Gasteiger partial charge in [-0.2, -0.15) is 0 Å². The van der Waals surface area contributed by atoms with Crippen molar-refractivity contribution >= 4 is 15.9 Å². The van der Waals surface area contributed by atoms with Gasteiger partial charge < -0.3 is 0 Å². The van der Waals surface area contributed by atoms with Crippen molar-refractivity contribution in [1.82, 2.24) is 9.88 Å². The van der Waals surface area contributed by atoms with Gasteiger partial charge in [0.1, 0.15) is 0 Å². The molecule has 0 fully saturated rings. The van der Waals surface area contributed by atoms with E-state index < -0.39 is 0 Å². The molecule has 2 nitrogen and oxygen atoms in total. The highest BCUT2D eigenvalue weighted by atomic mass is 79.9. The Balaban J connectivity index is 2.33. The van der Waals surface area contributed by atoms with Crippen molar-refractivity contribution in [1.29, 1.82) is 0 Å². The summed E-state index contributed by atoms with van der Waals surface area (Å²) in [5, 5.41) is 0. The standard InChI is InChI=1S/C9H13BrN2/c1-12(8-10)7-5-9-4-2-3-6-11-9/h2-4,6H,5,7-8H2,1H3. The minimum Gasteiger partial charge on any atom is -0.296 e. The van der Waals surface area contributed by atoms with Crippen LogP contribution < -0.4 is 0 Å². The number of hydrogen-bond donors (Lipinski definition) is 0. The minimum absolute atomic E-state index is 0.917. The van der Waals surface area contributed by atoms with E-state index in [9.17, 15) is 0 Å². The van der Waals surface area contributed by atoms with Crippen molar-refractivity contribution in [2.45, 2.75) is 6.42 Å². The molecule has 0 aliphatic heterocycles. The van der Waals surface area contributed by atoms with E-state index in [4.69, 9.17) is 0 Å². The van der Waals surface area contributed by atoms with Crippen LogP contribution in [-0.2, 0) is 6.42 Å². The Morgan fingerprint density at radius 2 is 2.33 bits per heavy atom. The maximum atomic E-state index is 4.24. The molecular formula is C9H13BrN2. The summed E-state index contributed by atoms with van der Waals surface area (Å²) in [5.41, 5.74) is 2.07. The quantitative estimate of drug-likeness (QED) is 0.579. The van der Waals surface area contributed by atoms with Crippen molar-refractivity contribution in [3.8, 4) is 0 Å². The molecule has 0 spiro atoms. The number of halogens is 1. The lowest BCUT2D eigenvalue weighted by Gasteiger charge is -2.11. The van der Waals surface area contributed by atoms with Crippen LogP contribution in [0.25, 0.3) is 0 Å². The van der Waals surface area contributed by atoms with E-state index in [1.54, 1.807) is 0 Å². The van der Waals surface area contributed by atoms with Crippen LogP contribution in [0.15, 0.2) is 24.4 Å². The molecule has 12 heavy (non-hydrogen) atoms. The Morgan fingerprint density at radius 3 is 2.92 bits per heavy atom. The highest BCUT2D eigenvalue weighted by Gasteiger charge is 1.96. The molecule has 0 saturated carbocycles. The number of likely N-dealkylation sites (N-methyl/N-ethyl adjacent to an activating group) is 1. The molecule has 0 aliphatic rings. The van der Waals surface area contributed by atoms with Gasteiger partial charge in [-0.25, -0.2) is 0 Å². The third-order valence-electron chi connectivity index (χ3n) is 1.68. The summed E-state index contributed by atoms with van der Waals surface area (Å²) in [5.74, 6) is 0. The van der Waals surface area contributed by atoms with Gasteiger partial charge in [0.15, 0.2) is 0 Å². The van der Waals surface area contributed by atoms with E-state index in [1.807, 2.05) is 18.3 Å². The van der Waals surface area contributed by atoms with Gasteiger partial charge in [0.05, 0.1) is 5.45 Å². The Hall–Kier alpha value is -0.410. The molecule has 1 aromatic heterocycles. The summed E-state index contributed by atoms with van der Waals surface area (Å²) >= 11 is 3.39. The second-order valence-electron chi connectivity index (χ2n) is 2.77. The summed E-state index contributed by atoms with van der Waals surface area (Å²) in [6, 6.07) is 6.02. The first-order chi connectivity index (χ1) is 5.83. The lowest BCUT2D eigenvalue weighted by molar-refractivity contribution is 0.399. The van der Waals surface area contributed by atoms with Crippen LogP contribution in [0.4, 0.5) is 0 Å². The Labute approximate surface area is 81.7 Å². The molecule has 66 valence electrons. The van der Waals surface area contributed by atoms with Gasteiger partial charge in [-0.15, -0.1) is 0 Å². The van der Waals surface area contributed by atoms with Crippen molar-refractivity contribution in [3.05, 3.63) is 30.1 Å². The van der Waals surface area contributed by atoms with Gasteiger partial charge in [-0.1, -0.05) is 22.0 Å². The van der Waals surface area contributed by atoms with E-state index in [1.165, 1.54) is 0 Å². The maximum Gasteiger partial charge on any atom is 0.0539 e. The average Bonchev–Trinajstić information content (AvgIpc) is 2.16. The fourth-order valence-corrected chi connectivity index (χ4v) is 1.16. The lowest BCUT2D eigenvalue weighted by atomic mass is 10.3. The number of rotatable bonds is 4. The number of alkyl halides is 1. The highest BCUT2D eigenvalue weighted by Crippen LogP contribution is 1.97. The predicted octanol–water partition coefficient (Wildman–Crippen LogP) is 1.91. The van der Waals surface area contributed by atoms with E-state index in [0.29, 0.717) is 0 Å². The normalized spacial score (nSPS) is 10.6. The molecule has 0 atom stereocenters. The van der Waals surface area contributed by atoms with Gasteiger partial charge in [0, 0.05) is 24.9 Å². The Morgan fingerprint density at radius 1 is 1.50 bits per heavy atom. The summed E-state index contributed by atoms with van der Waals surface area (Å²) in [7, 11) is 2.08. The van der Waals surface area contributed by atoms with Crippen molar-refractivity contribution in [3.63, 3.8) is 0 Å². The summed E-state index contributed by atoms with van der Waals surface area (Å²) in [4.78, 5) is 6.45. The first-order valence-corrected chi connectivity index (χ1v) is 5.09. The largest absolute Gasteiger partial charge is 0.296 e.